The predicted molar refractivity (Wildman–Crippen MR) is 122 cm³/mol. The molecule has 1 N–H and O–H groups in total. The zero-order valence-corrected chi connectivity index (χ0v) is 18.8. The standard InChI is InChI=1S/C25H31ClN2O2/c1-17(2)16-23(27-24(29)22-7-5-4-6-18(22)3)25(30)28-14-12-20(13-15-28)19-8-10-21(26)11-9-19/h4-11,17,20,23H,12-16H2,1-3H3,(H,27,29). The van der Waals surface area contributed by atoms with Gasteiger partial charge in [-0.2, -0.15) is 0 Å². The molecule has 2 aromatic rings. The molecule has 1 aliphatic rings. The lowest BCUT2D eigenvalue weighted by Crippen LogP contribution is -2.51. The van der Waals surface area contributed by atoms with Crippen LogP contribution in [0.1, 0.15) is 60.5 Å². The first-order valence-electron chi connectivity index (χ1n) is 10.8. The number of rotatable bonds is 6. The molecule has 3 rings (SSSR count). The number of halogens is 1. The average molecular weight is 427 g/mol. The molecule has 1 aliphatic heterocycles. The van der Waals surface area contributed by atoms with Crippen LogP contribution in [0.4, 0.5) is 0 Å². The molecule has 30 heavy (non-hydrogen) atoms. The Kier molecular flexibility index (Phi) is 7.54. The first kappa shape index (κ1) is 22.4. The normalized spacial score (nSPS) is 15.8. The van der Waals surface area contributed by atoms with Crippen LogP contribution < -0.4 is 5.32 Å². The van der Waals surface area contributed by atoms with Crippen LogP contribution >= 0.6 is 11.6 Å². The highest BCUT2D eigenvalue weighted by Gasteiger charge is 2.30. The van der Waals surface area contributed by atoms with Gasteiger partial charge >= 0.3 is 0 Å². The summed E-state index contributed by atoms with van der Waals surface area (Å²) >= 11 is 6.00. The largest absolute Gasteiger partial charge is 0.341 e. The van der Waals surface area contributed by atoms with E-state index in [0.29, 0.717) is 36.9 Å². The Bertz CT molecular complexity index is 871. The van der Waals surface area contributed by atoms with E-state index < -0.39 is 6.04 Å². The van der Waals surface area contributed by atoms with Crippen molar-refractivity contribution in [3.8, 4) is 0 Å². The molecule has 2 aromatic carbocycles. The summed E-state index contributed by atoms with van der Waals surface area (Å²) in [6.45, 7) is 7.48. The summed E-state index contributed by atoms with van der Waals surface area (Å²) in [5.41, 5.74) is 2.81. The molecule has 1 heterocycles. The van der Waals surface area contributed by atoms with Crippen molar-refractivity contribution in [1.82, 2.24) is 10.2 Å². The highest BCUT2D eigenvalue weighted by molar-refractivity contribution is 6.30. The highest BCUT2D eigenvalue weighted by atomic mass is 35.5. The fourth-order valence-electron chi connectivity index (χ4n) is 4.15. The van der Waals surface area contributed by atoms with Crippen LogP contribution in [0.5, 0.6) is 0 Å². The summed E-state index contributed by atoms with van der Waals surface area (Å²) in [6, 6.07) is 15.0. The van der Waals surface area contributed by atoms with Crippen LogP contribution in [0, 0.1) is 12.8 Å². The molecule has 0 aromatic heterocycles. The van der Waals surface area contributed by atoms with Gasteiger partial charge in [-0.25, -0.2) is 0 Å². The molecule has 0 bridgehead atoms. The van der Waals surface area contributed by atoms with Gasteiger partial charge in [0.05, 0.1) is 0 Å². The smallest absolute Gasteiger partial charge is 0.252 e. The fourth-order valence-corrected chi connectivity index (χ4v) is 4.27. The summed E-state index contributed by atoms with van der Waals surface area (Å²) < 4.78 is 0. The van der Waals surface area contributed by atoms with Gasteiger partial charge < -0.3 is 10.2 Å². The topological polar surface area (TPSA) is 49.4 Å². The van der Waals surface area contributed by atoms with Crippen molar-refractivity contribution in [2.24, 2.45) is 5.92 Å². The molecular formula is C25H31ClN2O2. The van der Waals surface area contributed by atoms with Gasteiger partial charge in [-0.15, -0.1) is 0 Å². The van der Waals surface area contributed by atoms with Crippen LogP contribution in [0.25, 0.3) is 0 Å². The van der Waals surface area contributed by atoms with E-state index in [1.54, 1.807) is 6.07 Å². The minimum atomic E-state index is -0.496. The lowest BCUT2D eigenvalue weighted by molar-refractivity contribution is -0.134. The van der Waals surface area contributed by atoms with Crippen molar-refractivity contribution in [3.05, 3.63) is 70.2 Å². The van der Waals surface area contributed by atoms with E-state index in [4.69, 9.17) is 11.6 Å². The van der Waals surface area contributed by atoms with E-state index in [1.807, 2.05) is 42.2 Å². The van der Waals surface area contributed by atoms with Gasteiger partial charge in [-0.3, -0.25) is 9.59 Å². The zero-order valence-electron chi connectivity index (χ0n) is 18.0. The number of nitrogens with zero attached hydrogens (tertiary/aromatic N) is 1. The number of benzene rings is 2. The number of carbonyl (C=O) groups is 2. The first-order chi connectivity index (χ1) is 14.3. The quantitative estimate of drug-likeness (QED) is 0.690. The van der Waals surface area contributed by atoms with E-state index in [2.05, 4.69) is 31.3 Å². The SMILES string of the molecule is Cc1ccccc1C(=O)NC(CC(C)C)C(=O)N1CCC(c2ccc(Cl)cc2)CC1. The molecule has 0 radical (unpaired) electrons. The van der Waals surface area contributed by atoms with Gasteiger partial charge in [0.25, 0.3) is 5.91 Å². The highest BCUT2D eigenvalue weighted by Crippen LogP contribution is 2.29. The molecule has 160 valence electrons. The summed E-state index contributed by atoms with van der Waals surface area (Å²) in [5, 5.41) is 3.75. The predicted octanol–water partition coefficient (Wildman–Crippen LogP) is 5.20. The van der Waals surface area contributed by atoms with Crippen LogP contribution in [0.3, 0.4) is 0 Å². The van der Waals surface area contributed by atoms with Crippen molar-refractivity contribution in [1.29, 1.82) is 0 Å². The summed E-state index contributed by atoms with van der Waals surface area (Å²) in [5.74, 6) is 0.600. The third-order valence-electron chi connectivity index (χ3n) is 5.85. The maximum atomic E-state index is 13.3. The maximum absolute atomic E-state index is 13.3. The molecule has 1 fully saturated rings. The fraction of sp³-hybridized carbons (Fsp3) is 0.440. The molecule has 1 saturated heterocycles. The molecule has 0 aliphatic carbocycles. The number of piperidine rings is 1. The van der Waals surface area contributed by atoms with Crippen LogP contribution in [0.15, 0.2) is 48.5 Å². The molecular weight excluding hydrogens is 396 g/mol. The molecule has 4 nitrogen and oxygen atoms in total. The number of aryl methyl sites for hydroxylation is 1. The van der Waals surface area contributed by atoms with E-state index in [1.165, 1.54) is 5.56 Å². The average Bonchev–Trinajstić information content (AvgIpc) is 2.73. The van der Waals surface area contributed by atoms with Gasteiger partial charge in [0.2, 0.25) is 5.91 Å². The first-order valence-corrected chi connectivity index (χ1v) is 11.1. The third kappa shape index (κ3) is 5.63. The Balaban J connectivity index is 1.64. The second-order valence-electron chi connectivity index (χ2n) is 8.62. The second-order valence-corrected chi connectivity index (χ2v) is 9.06. The van der Waals surface area contributed by atoms with Gasteiger partial charge in [0.1, 0.15) is 6.04 Å². The molecule has 5 heteroatoms. The van der Waals surface area contributed by atoms with E-state index >= 15 is 0 Å². The monoisotopic (exact) mass is 426 g/mol. The van der Waals surface area contributed by atoms with Gasteiger partial charge in [0, 0.05) is 23.7 Å². The van der Waals surface area contributed by atoms with E-state index in [0.717, 1.165) is 23.4 Å². The van der Waals surface area contributed by atoms with Crippen molar-refractivity contribution in [2.75, 3.05) is 13.1 Å². The number of hydrogen-bond acceptors (Lipinski definition) is 2. The van der Waals surface area contributed by atoms with Crippen molar-refractivity contribution in [3.63, 3.8) is 0 Å². The minimum absolute atomic E-state index is 0.0280. The van der Waals surface area contributed by atoms with Crippen LogP contribution in [0.2, 0.25) is 5.02 Å². The zero-order chi connectivity index (χ0) is 21.7. The summed E-state index contributed by atoms with van der Waals surface area (Å²) in [6.07, 6.45) is 2.48. The number of carbonyl (C=O) groups excluding carboxylic acids is 2. The summed E-state index contributed by atoms with van der Waals surface area (Å²) in [7, 11) is 0. The second kappa shape index (κ2) is 10.1. The van der Waals surface area contributed by atoms with Gasteiger partial charge in [-0.1, -0.05) is 55.8 Å². The molecule has 1 atom stereocenters. The van der Waals surface area contributed by atoms with E-state index in [9.17, 15) is 9.59 Å². The Morgan fingerprint density at radius 2 is 1.70 bits per heavy atom. The van der Waals surface area contributed by atoms with Crippen molar-refractivity contribution < 1.29 is 9.59 Å². The molecule has 1 unspecified atom stereocenters. The Hall–Kier alpha value is -2.33. The molecule has 2 amide bonds. The number of amides is 2. The van der Waals surface area contributed by atoms with Crippen molar-refractivity contribution in [2.45, 2.75) is 52.0 Å². The van der Waals surface area contributed by atoms with Gasteiger partial charge in [0.15, 0.2) is 0 Å². The Labute approximate surface area is 184 Å². The Morgan fingerprint density at radius 1 is 1.07 bits per heavy atom. The van der Waals surface area contributed by atoms with Crippen LogP contribution in [-0.2, 0) is 4.79 Å². The van der Waals surface area contributed by atoms with Crippen molar-refractivity contribution >= 4 is 23.4 Å². The summed E-state index contributed by atoms with van der Waals surface area (Å²) in [4.78, 5) is 28.0. The maximum Gasteiger partial charge on any atom is 0.252 e. The number of hydrogen-bond donors (Lipinski definition) is 1. The number of likely N-dealkylation sites (tertiary alicyclic amines) is 1. The lowest BCUT2D eigenvalue weighted by atomic mass is 9.89. The lowest BCUT2D eigenvalue weighted by Gasteiger charge is -2.35. The minimum Gasteiger partial charge on any atom is -0.341 e. The van der Waals surface area contributed by atoms with Crippen LogP contribution in [-0.4, -0.2) is 35.8 Å². The van der Waals surface area contributed by atoms with E-state index in [-0.39, 0.29) is 11.8 Å². The third-order valence-corrected chi connectivity index (χ3v) is 6.10. The number of nitrogens with one attached hydrogen (secondary N) is 1. The molecule has 0 saturated carbocycles. The Morgan fingerprint density at radius 3 is 2.30 bits per heavy atom. The van der Waals surface area contributed by atoms with Gasteiger partial charge in [-0.05, 0) is 67.3 Å². The molecule has 0 spiro atoms.